The molecule has 0 bridgehead atoms. The highest BCUT2D eigenvalue weighted by Gasteiger charge is 2.35. The van der Waals surface area contributed by atoms with Crippen molar-refractivity contribution in [1.82, 2.24) is 9.97 Å². The number of aromatic nitrogens is 2. The molecule has 4 N–H and O–H groups in total. The van der Waals surface area contributed by atoms with Gasteiger partial charge in [0.25, 0.3) is 5.56 Å². The van der Waals surface area contributed by atoms with Crippen LogP contribution in [0.15, 0.2) is 47.3 Å². The lowest BCUT2D eigenvalue weighted by Crippen LogP contribution is -2.36. The molecule has 0 saturated heterocycles. The van der Waals surface area contributed by atoms with E-state index < -0.39 is 17.4 Å². The molecule has 9 heteroatoms. The molecular weight excluding hydrogens is 410 g/mol. The van der Waals surface area contributed by atoms with Crippen LogP contribution in [-0.4, -0.2) is 28.9 Å². The number of rotatable bonds is 5. The topological polar surface area (TPSA) is 125 Å². The molecule has 4 rings (SSSR count). The van der Waals surface area contributed by atoms with Crippen LogP contribution >= 0.6 is 0 Å². The van der Waals surface area contributed by atoms with E-state index in [0.29, 0.717) is 17.1 Å². The Hall–Kier alpha value is -4.14. The highest BCUT2D eigenvalue weighted by Crippen LogP contribution is 2.31. The average Bonchev–Trinajstić information content (AvgIpc) is 2.76. The van der Waals surface area contributed by atoms with Crippen molar-refractivity contribution in [2.45, 2.75) is 26.2 Å². The minimum absolute atomic E-state index is 0.0714. The van der Waals surface area contributed by atoms with Crippen LogP contribution in [-0.2, 0) is 9.59 Å². The molecule has 2 aromatic carbocycles. The summed E-state index contributed by atoms with van der Waals surface area (Å²) in [6, 6.07) is 12.7. The summed E-state index contributed by atoms with van der Waals surface area (Å²) in [6.07, 6.45) is -0.139. The second-order valence-corrected chi connectivity index (χ2v) is 7.64. The maximum Gasteiger partial charge on any atom is 0.258 e. The van der Waals surface area contributed by atoms with Crippen molar-refractivity contribution in [3.63, 3.8) is 0 Å². The van der Waals surface area contributed by atoms with Gasteiger partial charge < -0.3 is 20.7 Å². The Morgan fingerprint density at radius 2 is 1.88 bits per heavy atom. The van der Waals surface area contributed by atoms with Gasteiger partial charge in [0.05, 0.1) is 18.6 Å². The van der Waals surface area contributed by atoms with Crippen LogP contribution in [0.2, 0.25) is 0 Å². The third-order valence-electron chi connectivity index (χ3n) is 5.27. The molecule has 0 radical (unpaired) electrons. The molecule has 0 aliphatic carbocycles. The monoisotopic (exact) mass is 433 g/mol. The standard InChI is InChI=1S/C23H23N5O4/c1-12-4-5-13(2)17(10-12)25-21(30)16-11-18(29)26-20-19(16)22(31)28-23(27-20)24-14-6-8-15(32-3)9-7-14/h4-10,16H,11H2,1-3H3,(H,25,30)(H3,24,26,27,28,29,31). The zero-order valence-electron chi connectivity index (χ0n) is 17.9. The first-order valence-corrected chi connectivity index (χ1v) is 10.1. The number of ether oxygens (including phenoxy) is 1. The Bertz CT molecular complexity index is 1250. The fourth-order valence-corrected chi connectivity index (χ4v) is 3.56. The first-order valence-electron chi connectivity index (χ1n) is 10.1. The Balaban J connectivity index is 1.63. The van der Waals surface area contributed by atoms with E-state index >= 15 is 0 Å². The van der Waals surface area contributed by atoms with Gasteiger partial charge in [0.2, 0.25) is 17.8 Å². The molecular formula is C23H23N5O4. The second kappa shape index (κ2) is 8.54. The summed E-state index contributed by atoms with van der Waals surface area (Å²) in [6.45, 7) is 3.80. The number of benzene rings is 2. The van der Waals surface area contributed by atoms with Gasteiger partial charge in [-0.05, 0) is 55.3 Å². The summed E-state index contributed by atoms with van der Waals surface area (Å²) in [7, 11) is 1.57. The van der Waals surface area contributed by atoms with E-state index in [9.17, 15) is 14.4 Å². The number of carbonyl (C=O) groups is 2. The molecule has 1 unspecified atom stereocenters. The van der Waals surface area contributed by atoms with Crippen LogP contribution in [0.3, 0.4) is 0 Å². The lowest BCUT2D eigenvalue weighted by atomic mass is 9.92. The highest BCUT2D eigenvalue weighted by atomic mass is 16.5. The van der Waals surface area contributed by atoms with E-state index in [2.05, 4.69) is 25.9 Å². The number of methoxy groups -OCH3 is 1. The number of nitrogens with one attached hydrogen (secondary N) is 4. The predicted octanol–water partition coefficient (Wildman–Crippen LogP) is 3.20. The molecule has 1 aliphatic heterocycles. The minimum atomic E-state index is -0.954. The number of fused-ring (bicyclic) bond motifs is 1. The third-order valence-corrected chi connectivity index (χ3v) is 5.27. The number of amides is 2. The fourth-order valence-electron chi connectivity index (χ4n) is 3.56. The quantitative estimate of drug-likeness (QED) is 0.490. The first kappa shape index (κ1) is 21.1. The molecule has 32 heavy (non-hydrogen) atoms. The molecule has 3 aromatic rings. The van der Waals surface area contributed by atoms with Crippen molar-refractivity contribution < 1.29 is 14.3 Å². The van der Waals surface area contributed by atoms with Crippen LogP contribution in [0, 0.1) is 13.8 Å². The Morgan fingerprint density at radius 1 is 1.12 bits per heavy atom. The molecule has 0 saturated carbocycles. The molecule has 0 spiro atoms. The largest absolute Gasteiger partial charge is 0.497 e. The number of aryl methyl sites for hydroxylation is 2. The van der Waals surface area contributed by atoms with Crippen molar-refractivity contribution in [3.05, 3.63) is 69.5 Å². The van der Waals surface area contributed by atoms with Crippen LogP contribution in [0.25, 0.3) is 0 Å². The van der Waals surface area contributed by atoms with Crippen LogP contribution in [0.1, 0.15) is 29.0 Å². The van der Waals surface area contributed by atoms with E-state index in [1.807, 2.05) is 32.0 Å². The molecule has 2 heterocycles. The van der Waals surface area contributed by atoms with Crippen molar-refractivity contribution in [1.29, 1.82) is 0 Å². The number of nitrogens with zero attached hydrogens (tertiary/aromatic N) is 1. The number of hydrogen-bond acceptors (Lipinski definition) is 6. The van der Waals surface area contributed by atoms with Crippen molar-refractivity contribution in [2.75, 3.05) is 23.1 Å². The van der Waals surface area contributed by atoms with Crippen molar-refractivity contribution in [2.24, 2.45) is 0 Å². The van der Waals surface area contributed by atoms with Gasteiger partial charge in [-0.1, -0.05) is 12.1 Å². The molecule has 1 atom stereocenters. The van der Waals surface area contributed by atoms with E-state index in [0.717, 1.165) is 11.1 Å². The average molecular weight is 433 g/mol. The summed E-state index contributed by atoms with van der Waals surface area (Å²) < 4.78 is 5.13. The van der Waals surface area contributed by atoms with Crippen molar-refractivity contribution >= 4 is 35.0 Å². The molecule has 9 nitrogen and oxygen atoms in total. The van der Waals surface area contributed by atoms with Crippen LogP contribution in [0.5, 0.6) is 5.75 Å². The van der Waals surface area contributed by atoms with Gasteiger partial charge in [-0.2, -0.15) is 4.98 Å². The third kappa shape index (κ3) is 4.31. The summed E-state index contributed by atoms with van der Waals surface area (Å²) in [4.78, 5) is 45.2. The van der Waals surface area contributed by atoms with Gasteiger partial charge in [0, 0.05) is 17.8 Å². The number of hydrogen-bond donors (Lipinski definition) is 4. The Morgan fingerprint density at radius 3 is 2.59 bits per heavy atom. The van der Waals surface area contributed by atoms with Crippen LogP contribution < -0.4 is 26.2 Å². The molecule has 1 aliphatic rings. The van der Waals surface area contributed by atoms with E-state index in [1.165, 1.54) is 0 Å². The molecule has 164 valence electrons. The molecule has 2 amide bonds. The SMILES string of the molecule is COc1ccc(Nc2nc3c(c(=O)[nH]2)C(C(=O)Nc2cc(C)ccc2C)CC(=O)N3)cc1. The van der Waals surface area contributed by atoms with E-state index in [-0.39, 0.29) is 29.7 Å². The highest BCUT2D eigenvalue weighted by molar-refractivity contribution is 6.04. The van der Waals surface area contributed by atoms with Gasteiger partial charge in [-0.25, -0.2) is 0 Å². The first-order chi connectivity index (χ1) is 15.3. The maximum absolute atomic E-state index is 13.0. The zero-order chi connectivity index (χ0) is 22.8. The molecule has 0 fully saturated rings. The summed E-state index contributed by atoms with van der Waals surface area (Å²) in [5, 5.41) is 8.44. The lowest BCUT2D eigenvalue weighted by Gasteiger charge is -2.24. The minimum Gasteiger partial charge on any atom is -0.497 e. The second-order valence-electron chi connectivity index (χ2n) is 7.64. The lowest BCUT2D eigenvalue weighted by molar-refractivity contribution is -0.123. The summed E-state index contributed by atoms with van der Waals surface area (Å²) in [5.74, 6) is -0.862. The van der Waals surface area contributed by atoms with E-state index in [1.54, 1.807) is 31.4 Å². The predicted molar refractivity (Wildman–Crippen MR) is 122 cm³/mol. The zero-order valence-corrected chi connectivity index (χ0v) is 17.9. The van der Waals surface area contributed by atoms with Gasteiger partial charge in [0.1, 0.15) is 11.6 Å². The van der Waals surface area contributed by atoms with Gasteiger partial charge >= 0.3 is 0 Å². The van der Waals surface area contributed by atoms with E-state index in [4.69, 9.17) is 4.74 Å². The fraction of sp³-hybridized carbons (Fsp3) is 0.217. The van der Waals surface area contributed by atoms with Gasteiger partial charge in [-0.15, -0.1) is 0 Å². The smallest absolute Gasteiger partial charge is 0.258 e. The number of anilines is 4. The Kier molecular flexibility index (Phi) is 5.63. The normalized spacial score (nSPS) is 14.8. The number of H-pyrrole nitrogens is 1. The number of carbonyl (C=O) groups excluding carboxylic acids is 2. The summed E-state index contributed by atoms with van der Waals surface area (Å²) >= 11 is 0. The van der Waals surface area contributed by atoms with Crippen molar-refractivity contribution in [3.8, 4) is 5.75 Å². The summed E-state index contributed by atoms with van der Waals surface area (Å²) in [5.41, 5.74) is 2.82. The number of aromatic amines is 1. The van der Waals surface area contributed by atoms with Gasteiger partial charge in [-0.3, -0.25) is 19.4 Å². The van der Waals surface area contributed by atoms with Crippen LogP contribution in [0.4, 0.5) is 23.1 Å². The van der Waals surface area contributed by atoms with Gasteiger partial charge in [0.15, 0.2) is 0 Å². The maximum atomic E-state index is 13.0. The Labute approximate surface area is 184 Å². The molecule has 1 aromatic heterocycles.